The third kappa shape index (κ3) is 2.26. The average Bonchev–Trinajstić information content (AvgIpc) is 2.81. The van der Waals surface area contributed by atoms with Crippen molar-refractivity contribution in [3.05, 3.63) is 35.8 Å². The quantitative estimate of drug-likeness (QED) is 0.875. The summed E-state index contributed by atoms with van der Waals surface area (Å²) in [6, 6.07) is 5.82. The zero-order chi connectivity index (χ0) is 13.5. The third-order valence-electron chi connectivity index (χ3n) is 4.00. The van der Waals surface area contributed by atoms with Crippen LogP contribution in [0.25, 0.3) is 11.0 Å². The number of aliphatic hydroxyl groups is 2. The van der Waals surface area contributed by atoms with E-state index < -0.39 is 11.7 Å². The van der Waals surface area contributed by atoms with Crippen LogP contribution in [0.2, 0.25) is 0 Å². The number of aliphatic hydroxyl groups excluding tert-OH is 1. The number of furan rings is 1. The molecule has 3 nitrogen and oxygen atoms in total. The Kier molecular flexibility index (Phi) is 3.07. The predicted molar refractivity (Wildman–Crippen MR) is 69.2 cm³/mol. The summed E-state index contributed by atoms with van der Waals surface area (Å²) in [5, 5.41) is 21.4. The number of rotatable bonds is 2. The fraction of sp³-hybridized carbons (Fsp3) is 0.467. The molecule has 0 bridgehead atoms. The molecule has 3 rings (SSSR count). The van der Waals surface area contributed by atoms with Crippen molar-refractivity contribution in [2.45, 2.75) is 43.8 Å². The summed E-state index contributed by atoms with van der Waals surface area (Å²) < 4.78 is 18.7. The smallest absolute Gasteiger partial charge is 0.140 e. The highest BCUT2D eigenvalue weighted by molar-refractivity contribution is 5.78. The first-order valence-electron chi connectivity index (χ1n) is 6.68. The molecule has 0 radical (unpaired) electrons. The lowest BCUT2D eigenvalue weighted by Gasteiger charge is -2.35. The van der Waals surface area contributed by atoms with E-state index in [0.717, 1.165) is 19.3 Å². The van der Waals surface area contributed by atoms with Gasteiger partial charge in [-0.2, -0.15) is 0 Å². The minimum Gasteiger partial charge on any atom is -0.458 e. The molecule has 0 spiro atoms. The largest absolute Gasteiger partial charge is 0.458 e. The Morgan fingerprint density at radius 2 is 1.89 bits per heavy atom. The second kappa shape index (κ2) is 4.62. The Balaban J connectivity index is 1.94. The molecule has 0 amide bonds. The summed E-state index contributed by atoms with van der Waals surface area (Å²) >= 11 is 0. The van der Waals surface area contributed by atoms with Crippen molar-refractivity contribution in [1.82, 2.24) is 0 Å². The predicted octanol–water partition coefficient (Wildman–Crippen LogP) is 3.30. The molecule has 2 aromatic rings. The van der Waals surface area contributed by atoms with Crippen molar-refractivity contribution >= 4 is 11.0 Å². The third-order valence-corrected chi connectivity index (χ3v) is 4.00. The molecule has 4 heteroatoms. The van der Waals surface area contributed by atoms with Gasteiger partial charge in [-0.15, -0.1) is 0 Å². The fourth-order valence-electron chi connectivity index (χ4n) is 2.87. The van der Waals surface area contributed by atoms with Crippen LogP contribution >= 0.6 is 0 Å². The van der Waals surface area contributed by atoms with E-state index in [1.54, 1.807) is 6.07 Å². The maximum atomic E-state index is 13.1. The summed E-state index contributed by atoms with van der Waals surface area (Å²) in [4.78, 5) is 0. The van der Waals surface area contributed by atoms with Gasteiger partial charge >= 0.3 is 0 Å². The monoisotopic (exact) mass is 264 g/mol. The number of hydrogen-bond acceptors (Lipinski definition) is 3. The van der Waals surface area contributed by atoms with Crippen LogP contribution in [0.5, 0.6) is 0 Å². The van der Waals surface area contributed by atoms with Gasteiger partial charge in [-0.25, -0.2) is 4.39 Å². The zero-order valence-electron chi connectivity index (χ0n) is 10.6. The molecule has 1 heterocycles. The van der Waals surface area contributed by atoms with E-state index in [0.29, 0.717) is 29.6 Å². The molecule has 1 aromatic carbocycles. The molecule has 102 valence electrons. The number of fused-ring (bicyclic) bond motifs is 1. The van der Waals surface area contributed by atoms with Crippen LogP contribution in [0, 0.1) is 5.82 Å². The molecular weight excluding hydrogens is 247 g/mol. The topological polar surface area (TPSA) is 53.6 Å². The van der Waals surface area contributed by atoms with Crippen molar-refractivity contribution in [3.63, 3.8) is 0 Å². The van der Waals surface area contributed by atoms with E-state index in [4.69, 9.17) is 4.42 Å². The molecular formula is C15H17FO3. The minimum absolute atomic E-state index is 0.310. The lowest BCUT2D eigenvalue weighted by atomic mass is 9.80. The summed E-state index contributed by atoms with van der Waals surface area (Å²) in [7, 11) is 0. The molecule has 1 aliphatic carbocycles. The average molecular weight is 264 g/mol. The number of hydrogen-bond donors (Lipinski definition) is 2. The molecule has 1 fully saturated rings. The van der Waals surface area contributed by atoms with Gasteiger partial charge in [0.25, 0.3) is 0 Å². The van der Waals surface area contributed by atoms with Gasteiger partial charge in [0.05, 0.1) is 5.60 Å². The second-order valence-corrected chi connectivity index (χ2v) is 5.40. The van der Waals surface area contributed by atoms with E-state index in [2.05, 4.69) is 0 Å². The number of benzene rings is 1. The van der Waals surface area contributed by atoms with E-state index >= 15 is 0 Å². The Morgan fingerprint density at radius 3 is 2.63 bits per heavy atom. The summed E-state index contributed by atoms with van der Waals surface area (Å²) in [5.41, 5.74) is -0.597. The van der Waals surface area contributed by atoms with E-state index in [-0.39, 0.29) is 5.82 Å². The van der Waals surface area contributed by atoms with Gasteiger partial charge in [-0.05, 0) is 37.1 Å². The van der Waals surface area contributed by atoms with E-state index in [1.165, 1.54) is 18.2 Å². The first-order chi connectivity index (χ1) is 9.08. The van der Waals surface area contributed by atoms with Crippen LogP contribution in [0.4, 0.5) is 4.39 Å². The van der Waals surface area contributed by atoms with Crippen LogP contribution < -0.4 is 0 Å². The van der Waals surface area contributed by atoms with Gasteiger partial charge in [-0.1, -0.05) is 19.3 Å². The molecule has 2 N–H and O–H groups in total. The van der Waals surface area contributed by atoms with Crippen LogP contribution in [0.3, 0.4) is 0 Å². The van der Waals surface area contributed by atoms with Crippen LogP contribution in [-0.2, 0) is 0 Å². The standard InChI is InChI=1S/C15H17FO3/c16-11-4-5-12-10(8-11)9-13(19-12)14(17)15(18)6-2-1-3-7-15/h4-5,8-9,14,17-18H,1-3,6-7H2. The van der Waals surface area contributed by atoms with Crippen molar-refractivity contribution in [3.8, 4) is 0 Å². The highest BCUT2D eigenvalue weighted by Gasteiger charge is 2.39. The Bertz CT molecular complexity index is 584. The maximum absolute atomic E-state index is 13.1. The summed E-state index contributed by atoms with van der Waals surface area (Å²) in [5.74, 6) is -0.0317. The lowest BCUT2D eigenvalue weighted by Crippen LogP contribution is -2.38. The van der Waals surface area contributed by atoms with Gasteiger partial charge in [0.2, 0.25) is 0 Å². The molecule has 1 atom stereocenters. The fourth-order valence-corrected chi connectivity index (χ4v) is 2.87. The molecule has 0 aliphatic heterocycles. The first-order valence-corrected chi connectivity index (χ1v) is 6.68. The lowest BCUT2D eigenvalue weighted by molar-refractivity contribution is -0.106. The van der Waals surface area contributed by atoms with Crippen LogP contribution in [0.1, 0.15) is 44.0 Å². The SMILES string of the molecule is OC(c1cc2cc(F)ccc2o1)C1(O)CCCCC1. The summed E-state index contributed by atoms with van der Waals surface area (Å²) in [6.45, 7) is 0. The first kappa shape index (κ1) is 12.6. The Morgan fingerprint density at radius 1 is 1.16 bits per heavy atom. The molecule has 1 unspecified atom stereocenters. The van der Waals surface area contributed by atoms with Crippen LogP contribution in [-0.4, -0.2) is 15.8 Å². The van der Waals surface area contributed by atoms with Crippen molar-refractivity contribution in [2.24, 2.45) is 0 Å². The van der Waals surface area contributed by atoms with E-state index in [9.17, 15) is 14.6 Å². The minimum atomic E-state index is -1.12. The highest BCUT2D eigenvalue weighted by atomic mass is 19.1. The number of halogens is 1. The van der Waals surface area contributed by atoms with Gasteiger partial charge in [-0.3, -0.25) is 0 Å². The van der Waals surface area contributed by atoms with Crippen LogP contribution in [0.15, 0.2) is 28.7 Å². The molecule has 1 saturated carbocycles. The summed E-state index contributed by atoms with van der Waals surface area (Å²) in [6.07, 6.45) is 2.98. The Hall–Kier alpha value is -1.39. The highest BCUT2D eigenvalue weighted by Crippen LogP contribution is 2.39. The second-order valence-electron chi connectivity index (χ2n) is 5.40. The Labute approximate surface area is 110 Å². The molecule has 1 aromatic heterocycles. The van der Waals surface area contributed by atoms with Crippen molar-refractivity contribution in [2.75, 3.05) is 0 Å². The van der Waals surface area contributed by atoms with Gasteiger partial charge < -0.3 is 14.6 Å². The van der Waals surface area contributed by atoms with Gasteiger partial charge in [0.1, 0.15) is 23.3 Å². The van der Waals surface area contributed by atoms with E-state index in [1.807, 2.05) is 0 Å². The maximum Gasteiger partial charge on any atom is 0.140 e. The zero-order valence-corrected chi connectivity index (χ0v) is 10.6. The molecule has 19 heavy (non-hydrogen) atoms. The normalized spacial score (nSPS) is 20.6. The molecule has 1 aliphatic rings. The molecule has 0 saturated heterocycles. The van der Waals surface area contributed by atoms with Gasteiger partial charge in [0, 0.05) is 5.39 Å². The van der Waals surface area contributed by atoms with Gasteiger partial charge in [0.15, 0.2) is 0 Å². The van der Waals surface area contributed by atoms with Crippen molar-refractivity contribution < 1.29 is 19.0 Å². The van der Waals surface area contributed by atoms with Crippen molar-refractivity contribution in [1.29, 1.82) is 0 Å².